The minimum absolute atomic E-state index is 0.0624. The monoisotopic (exact) mass is 512 g/mol. The zero-order valence-electron chi connectivity index (χ0n) is 22.5. The fourth-order valence-corrected chi connectivity index (χ4v) is 4.15. The first-order chi connectivity index (χ1) is 17.5. The molecule has 8 nitrogen and oxygen atoms in total. The molecule has 1 fully saturated rings. The van der Waals surface area contributed by atoms with Crippen molar-refractivity contribution >= 4 is 12.2 Å². The SMILES string of the molecule is CC(C)c1cccc(CN2C[C@H]([C@H](Cc3cccc(OCCCO)c3)NC(=O)OC(C)(C)C)OC2=O)c1. The lowest BCUT2D eigenvalue weighted by atomic mass is 10.00. The third-order valence-corrected chi connectivity index (χ3v) is 5.98. The Balaban J connectivity index is 1.74. The number of alkyl carbamates (subject to hydrolysis) is 1. The maximum absolute atomic E-state index is 12.8. The van der Waals surface area contributed by atoms with Gasteiger partial charge in [-0.25, -0.2) is 9.59 Å². The van der Waals surface area contributed by atoms with Gasteiger partial charge in [-0.3, -0.25) is 0 Å². The predicted molar refractivity (Wildman–Crippen MR) is 142 cm³/mol. The summed E-state index contributed by atoms with van der Waals surface area (Å²) >= 11 is 0. The second-order valence-electron chi connectivity index (χ2n) is 10.7. The molecular formula is C29H40N2O6. The third-order valence-electron chi connectivity index (χ3n) is 5.98. The highest BCUT2D eigenvalue weighted by Gasteiger charge is 2.38. The van der Waals surface area contributed by atoms with Gasteiger partial charge in [0.2, 0.25) is 0 Å². The van der Waals surface area contributed by atoms with Crippen LogP contribution in [0.25, 0.3) is 0 Å². The van der Waals surface area contributed by atoms with E-state index in [1.807, 2.05) is 36.4 Å². The van der Waals surface area contributed by atoms with E-state index >= 15 is 0 Å². The van der Waals surface area contributed by atoms with Crippen molar-refractivity contribution in [2.24, 2.45) is 0 Å². The average Bonchev–Trinajstić information content (AvgIpc) is 3.18. The van der Waals surface area contributed by atoms with Crippen LogP contribution in [0.15, 0.2) is 48.5 Å². The minimum Gasteiger partial charge on any atom is -0.493 e. The molecule has 0 aromatic heterocycles. The second-order valence-corrected chi connectivity index (χ2v) is 10.7. The van der Waals surface area contributed by atoms with Gasteiger partial charge in [0.25, 0.3) is 0 Å². The number of rotatable bonds is 11. The zero-order valence-corrected chi connectivity index (χ0v) is 22.5. The molecule has 2 aromatic rings. The Labute approximate surface area is 219 Å². The molecule has 2 amide bonds. The number of hydrogen-bond acceptors (Lipinski definition) is 6. The number of hydrogen-bond donors (Lipinski definition) is 2. The number of nitrogens with zero attached hydrogens (tertiary/aromatic N) is 1. The van der Waals surface area contributed by atoms with Crippen LogP contribution in [0.3, 0.4) is 0 Å². The summed E-state index contributed by atoms with van der Waals surface area (Å²) in [7, 11) is 0. The lowest BCUT2D eigenvalue weighted by Crippen LogP contribution is -2.48. The fraction of sp³-hybridized carbons (Fsp3) is 0.517. The summed E-state index contributed by atoms with van der Waals surface area (Å²) < 4.78 is 16.9. The fourth-order valence-electron chi connectivity index (χ4n) is 4.15. The van der Waals surface area contributed by atoms with Gasteiger partial charge in [-0.1, -0.05) is 50.2 Å². The second kappa shape index (κ2) is 12.8. The number of amides is 2. The van der Waals surface area contributed by atoms with E-state index in [0.717, 1.165) is 11.1 Å². The van der Waals surface area contributed by atoms with Crippen LogP contribution in [0, 0.1) is 0 Å². The molecule has 2 atom stereocenters. The molecule has 1 saturated heterocycles. The standard InChI is InChI=1S/C29H40N2O6/c1-20(2)23-11-6-10-22(15-23)18-31-19-26(36-28(31)34)25(30-27(33)37-29(3,4)5)17-21-9-7-12-24(16-21)35-14-8-13-32/h6-7,9-12,15-16,20,25-26,32H,8,13-14,17-19H2,1-5H3,(H,30,33)/t25-,26+/m0/s1. The Hall–Kier alpha value is -3.26. The molecule has 1 aliphatic rings. The first-order valence-corrected chi connectivity index (χ1v) is 12.9. The molecule has 2 N–H and O–H groups in total. The van der Waals surface area contributed by atoms with Crippen molar-refractivity contribution in [1.29, 1.82) is 0 Å². The molecule has 0 aliphatic carbocycles. The summed E-state index contributed by atoms with van der Waals surface area (Å²) in [5.74, 6) is 1.07. The number of aliphatic hydroxyl groups excluding tert-OH is 1. The van der Waals surface area contributed by atoms with Crippen molar-refractivity contribution < 1.29 is 28.9 Å². The number of ether oxygens (including phenoxy) is 3. The molecule has 8 heteroatoms. The van der Waals surface area contributed by atoms with Gasteiger partial charge >= 0.3 is 12.2 Å². The first kappa shape index (κ1) is 28.3. The number of carbonyl (C=O) groups excluding carboxylic acids is 2. The van der Waals surface area contributed by atoms with Gasteiger partial charge in [-0.2, -0.15) is 0 Å². The molecule has 2 aromatic carbocycles. The molecule has 1 aliphatic heterocycles. The highest BCUT2D eigenvalue weighted by atomic mass is 16.6. The van der Waals surface area contributed by atoms with Gasteiger partial charge in [-0.05, 0) is 61.9 Å². The maximum Gasteiger partial charge on any atom is 0.410 e. The van der Waals surface area contributed by atoms with Crippen LogP contribution < -0.4 is 10.1 Å². The topological polar surface area (TPSA) is 97.3 Å². The highest BCUT2D eigenvalue weighted by molar-refractivity contribution is 5.71. The largest absolute Gasteiger partial charge is 0.493 e. The number of carbonyl (C=O) groups is 2. The first-order valence-electron chi connectivity index (χ1n) is 12.9. The molecule has 0 bridgehead atoms. The highest BCUT2D eigenvalue weighted by Crippen LogP contribution is 2.23. The van der Waals surface area contributed by atoms with Crippen LogP contribution in [0.5, 0.6) is 5.75 Å². The van der Waals surface area contributed by atoms with Crippen LogP contribution in [0.2, 0.25) is 0 Å². The molecule has 3 rings (SSSR count). The summed E-state index contributed by atoms with van der Waals surface area (Å²) in [6.45, 7) is 10.9. The average molecular weight is 513 g/mol. The van der Waals surface area contributed by atoms with Crippen LogP contribution in [0.4, 0.5) is 9.59 Å². The summed E-state index contributed by atoms with van der Waals surface area (Å²) in [4.78, 5) is 27.1. The quantitative estimate of drug-likeness (QED) is 0.410. The van der Waals surface area contributed by atoms with Crippen molar-refractivity contribution in [2.45, 2.75) is 77.7 Å². The van der Waals surface area contributed by atoms with Crippen LogP contribution in [-0.4, -0.2) is 59.7 Å². The number of nitrogens with one attached hydrogen (secondary N) is 1. The third kappa shape index (κ3) is 8.97. The van der Waals surface area contributed by atoms with Crippen molar-refractivity contribution in [1.82, 2.24) is 10.2 Å². The zero-order chi connectivity index (χ0) is 27.0. The van der Waals surface area contributed by atoms with Crippen molar-refractivity contribution in [3.8, 4) is 5.75 Å². The molecular weight excluding hydrogens is 472 g/mol. The van der Waals surface area contributed by atoms with Gasteiger partial charge < -0.3 is 29.5 Å². The molecule has 0 saturated carbocycles. The molecule has 37 heavy (non-hydrogen) atoms. The van der Waals surface area contributed by atoms with E-state index in [4.69, 9.17) is 19.3 Å². The van der Waals surface area contributed by atoms with E-state index in [1.165, 1.54) is 5.56 Å². The van der Waals surface area contributed by atoms with E-state index in [-0.39, 0.29) is 6.61 Å². The molecule has 0 spiro atoms. The Morgan fingerprint density at radius 1 is 1.16 bits per heavy atom. The lowest BCUT2D eigenvalue weighted by molar-refractivity contribution is 0.0436. The minimum atomic E-state index is -0.658. The molecule has 202 valence electrons. The Morgan fingerprint density at radius 3 is 2.59 bits per heavy atom. The van der Waals surface area contributed by atoms with E-state index < -0.39 is 29.9 Å². The number of aliphatic hydroxyl groups is 1. The summed E-state index contributed by atoms with van der Waals surface area (Å²) in [6, 6.07) is 15.3. The Bertz CT molecular complexity index is 1050. The van der Waals surface area contributed by atoms with Gasteiger partial charge in [0, 0.05) is 19.6 Å². The van der Waals surface area contributed by atoms with Gasteiger partial charge in [0.15, 0.2) is 0 Å². The smallest absolute Gasteiger partial charge is 0.410 e. The normalized spacial score (nSPS) is 16.5. The summed E-state index contributed by atoms with van der Waals surface area (Å²) in [5, 5.41) is 11.9. The van der Waals surface area contributed by atoms with E-state index in [1.54, 1.807) is 25.7 Å². The molecule has 0 radical (unpaired) electrons. The maximum atomic E-state index is 12.8. The van der Waals surface area contributed by atoms with Crippen LogP contribution in [0.1, 0.15) is 63.6 Å². The van der Waals surface area contributed by atoms with Gasteiger partial charge in [0.1, 0.15) is 17.5 Å². The van der Waals surface area contributed by atoms with E-state index in [9.17, 15) is 9.59 Å². The number of cyclic esters (lactones) is 1. The van der Waals surface area contributed by atoms with E-state index in [2.05, 4.69) is 31.3 Å². The van der Waals surface area contributed by atoms with Crippen molar-refractivity contribution in [2.75, 3.05) is 19.8 Å². The number of benzene rings is 2. The molecule has 0 unspecified atom stereocenters. The van der Waals surface area contributed by atoms with Gasteiger partial charge in [0.05, 0.1) is 19.2 Å². The summed E-state index contributed by atoms with van der Waals surface area (Å²) in [6.07, 6.45) is -0.553. The Morgan fingerprint density at radius 2 is 1.89 bits per heavy atom. The van der Waals surface area contributed by atoms with Crippen LogP contribution >= 0.6 is 0 Å². The van der Waals surface area contributed by atoms with Gasteiger partial charge in [-0.15, -0.1) is 0 Å². The Kier molecular flexibility index (Phi) is 9.80. The van der Waals surface area contributed by atoms with Crippen LogP contribution in [-0.2, 0) is 22.4 Å². The lowest BCUT2D eigenvalue weighted by Gasteiger charge is -2.26. The van der Waals surface area contributed by atoms with E-state index in [0.29, 0.717) is 44.2 Å². The van der Waals surface area contributed by atoms with Crippen molar-refractivity contribution in [3.63, 3.8) is 0 Å². The summed E-state index contributed by atoms with van der Waals surface area (Å²) in [5.41, 5.74) is 2.51. The molecule has 1 heterocycles. The van der Waals surface area contributed by atoms with Crippen molar-refractivity contribution in [3.05, 3.63) is 65.2 Å². The predicted octanol–water partition coefficient (Wildman–Crippen LogP) is 5.03.